The lowest BCUT2D eigenvalue weighted by molar-refractivity contribution is 0.0526. The van der Waals surface area contributed by atoms with Crippen molar-refractivity contribution in [2.75, 3.05) is 33.0 Å². The van der Waals surface area contributed by atoms with Crippen molar-refractivity contribution in [2.24, 2.45) is 5.41 Å². The average molecular weight is 627 g/mol. The van der Waals surface area contributed by atoms with Gasteiger partial charge in [0.25, 0.3) is 0 Å². The summed E-state index contributed by atoms with van der Waals surface area (Å²) < 4.78 is 48.6. The molecule has 46 heavy (non-hydrogen) atoms. The van der Waals surface area contributed by atoms with Crippen molar-refractivity contribution >= 4 is 17.0 Å². The molecule has 3 aliphatic rings. The molecule has 0 radical (unpaired) electrons. The van der Waals surface area contributed by atoms with Crippen LogP contribution in [0.15, 0.2) is 54.6 Å². The van der Waals surface area contributed by atoms with Crippen LogP contribution < -0.4 is 9.47 Å². The predicted octanol–water partition coefficient (Wildman–Crippen LogP) is 6.87. The van der Waals surface area contributed by atoms with Crippen LogP contribution in [0.4, 0.5) is 8.78 Å². The highest BCUT2D eigenvalue weighted by Crippen LogP contribution is 2.48. The molecule has 4 aromatic rings. The summed E-state index contributed by atoms with van der Waals surface area (Å²) in [5.74, 6) is 1.55. The third-order valence-electron chi connectivity index (χ3n) is 9.60. The minimum Gasteiger partial charge on any atom is -0.485 e. The molecule has 1 saturated heterocycles. The van der Waals surface area contributed by atoms with Crippen LogP contribution in [0.1, 0.15) is 77.5 Å². The number of aromatic nitrogens is 2. The summed E-state index contributed by atoms with van der Waals surface area (Å²) in [7, 11) is 0. The second kappa shape index (κ2) is 12.4. The number of carbonyl (C=O) groups excluding carboxylic acids is 1. The Morgan fingerprint density at radius 3 is 2.67 bits per heavy atom. The van der Waals surface area contributed by atoms with Crippen LogP contribution in [-0.4, -0.2) is 53.4 Å². The van der Waals surface area contributed by atoms with Crippen LogP contribution in [0.2, 0.25) is 0 Å². The molecule has 0 bridgehead atoms. The van der Waals surface area contributed by atoms with Crippen molar-refractivity contribution in [1.82, 2.24) is 14.5 Å². The van der Waals surface area contributed by atoms with Gasteiger partial charge in [0.15, 0.2) is 17.6 Å². The van der Waals surface area contributed by atoms with Gasteiger partial charge in [-0.2, -0.15) is 5.26 Å². The van der Waals surface area contributed by atoms with Crippen molar-refractivity contribution in [3.05, 3.63) is 88.5 Å². The van der Waals surface area contributed by atoms with Crippen LogP contribution >= 0.6 is 0 Å². The second-order valence-electron chi connectivity index (χ2n) is 12.7. The minimum atomic E-state index is -0.613. The van der Waals surface area contributed by atoms with Crippen molar-refractivity contribution in [3.8, 4) is 17.6 Å². The number of halogens is 2. The zero-order chi connectivity index (χ0) is 31.8. The van der Waals surface area contributed by atoms with E-state index >= 15 is 0 Å². The molecule has 3 aromatic carbocycles. The molecular formula is C36H36F2N4O4. The van der Waals surface area contributed by atoms with Gasteiger partial charge in [-0.3, -0.25) is 9.29 Å². The third-order valence-corrected chi connectivity index (χ3v) is 9.60. The highest BCUT2D eigenvalue weighted by Gasteiger charge is 2.44. The number of hydrogen-bond donors (Lipinski definition) is 0. The van der Waals surface area contributed by atoms with E-state index in [2.05, 4.69) is 15.5 Å². The molecule has 1 aliphatic carbocycles. The molecular weight excluding hydrogens is 590 g/mol. The van der Waals surface area contributed by atoms with E-state index in [-0.39, 0.29) is 36.1 Å². The molecule has 238 valence electrons. The van der Waals surface area contributed by atoms with Gasteiger partial charge < -0.3 is 18.8 Å². The van der Waals surface area contributed by atoms with Crippen molar-refractivity contribution in [2.45, 2.75) is 57.7 Å². The number of fused-ring (bicyclic) bond motifs is 2. The van der Waals surface area contributed by atoms with Crippen LogP contribution in [0.25, 0.3) is 11.0 Å². The number of ether oxygens (including phenoxy) is 3. The zero-order valence-electron chi connectivity index (χ0n) is 25.8. The monoisotopic (exact) mass is 626 g/mol. The van der Waals surface area contributed by atoms with E-state index in [1.165, 1.54) is 6.07 Å². The fourth-order valence-electron chi connectivity index (χ4n) is 6.71. The number of piperidine rings is 1. The first-order chi connectivity index (χ1) is 22.4. The maximum absolute atomic E-state index is 14.8. The average Bonchev–Trinajstić information content (AvgIpc) is 3.79. The number of hydrogen-bond acceptors (Lipinski definition) is 7. The first-order valence-electron chi connectivity index (χ1n) is 16.0. The largest absolute Gasteiger partial charge is 0.485 e. The summed E-state index contributed by atoms with van der Waals surface area (Å²) in [6.45, 7) is 4.69. The van der Waals surface area contributed by atoms with Gasteiger partial charge in [-0.05, 0) is 88.0 Å². The summed E-state index contributed by atoms with van der Waals surface area (Å²) in [6.07, 6.45) is 2.85. The number of likely N-dealkylation sites (tertiary alicyclic amines) is 1. The topological polar surface area (TPSA) is 89.6 Å². The standard InChI is InChI=1S/C36H36F2N4O4/c1-2-44-35(43)25-7-9-29-30(17-25)42(22-36(21-37)12-13-36)33(40-29)19-41-14-10-24(11-15-41)26-4-3-5-31-34(26)46-32(20-45-31)27-8-6-23(18-39)16-28(27)38/h3-9,16-17,24,32H,2,10-15,19-22H2,1H3/t32-/m1/s1. The quantitative estimate of drug-likeness (QED) is 0.188. The molecule has 3 heterocycles. The van der Waals surface area contributed by atoms with Gasteiger partial charge in [0.2, 0.25) is 0 Å². The highest BCUT2D eigenvalue weighted by molar-refractivity contribution is 5.93. The Balaban J connectivity index is 1.08. The Labute approximate surface area is 266 Å². The summed E-state index contributed by atoms with van der Waals surface area (Å²) in [5.41, 5.74) is 3.40. The molecule has 1 aromatic heterocycles. The molecule has 0 unspecified atom stereocenters. The second-order valence-corrected chi connectivity index (χ2v) is 12.7. The number of nitrogens with zero attached hydrogens (tertiary/aromatic N) is 4. The third kappa shape index (κ3) is 5.80. The summed E-state index contributed by atoms with van der Waals surface area (Å²) in [5, 5.41) is 9.11. The van der Waals surface area contributed by atoms with Gasteiger partial charge in [-0.15, -0.1) is 0 Å². The maximum Gasteiger partial charge on any atom is 0.338 e. The van der Waals surface area contributed by atoms with Gasteiger partial charge in [0.1, 0.15) is 18.2 Å². The van der Waals surface area contributed by atoms with Crippen molar-refractivity contribution < 1.29 is 27.8 Å². The Kier molecular flexibility index (Phi) is 8.11. The van der Waals surface area contributed by atoms with Crippen molar-refractivity contribution in [1.29, 1.82) is 5.26 Å². The van der Waals surface area contributed by atoms with Crippen molar-refractivity contribution in [3.63, 3.8) is 0 Å². The lowest BCUT2D eigenvalue weighted by atomic mass is 9.88. The normalized spacial score (nSPS) is 19.1. The van der Waals surface area contributed by atoms with Crippen LogP contribution in [0, 0.1) is 22.6 Å². The highest BCUT2D eigenvalue weighted by atomic mass is 19.1. The molecule has 0 amide bonds. The molecule has 7 rings (SSSR count). The number of imidazole rings is 1. The lowest BCUT2D eigenvalue weighted by Crippen LogP contribution is -2.34. The van der Waals surface area contributed by atoms with Crippen LogP contribution in [-0.2, 0) is 17.8 Å². The molecule has 0 spiro atoms. The Morgan fingerprint density at radius 2 is 1.96 bits per heavy atom. The lowest BCUT2D eigenvalue weighted by Gasteiger charge is -2.35. The maximum atomic E-state index is 14.8. The molecule has 10 heteroatoms. The molecule has 8 nitrogen and oxygen atoms in total. The number of esters is 1. The number of nitriles is 1. The number of alkyl halides is 1. The fraction of sp³-hybridized carbons (Fsp3) is 0.417. The Morgan fingerprint density at radius 1 is 1.13 bits per heavy atom. The number of carbonyl (C=O) groups is 1. The molecule has 2 aliphatic heterocycles. The van der Waals surface area contributed by atoms with E-state index in [0.717, 1.165) is 61.2 Å². The van der Waals surface area contributed by atoms with Crippen LogP contribution in [0.3, 0.4) is 0 Å². The smallest absolute Gasteiger partial charge is 0.338 e. The van der Waals surface area contributed by atoms with E-state index in [1.54, 1.807) is 25.1 Å². The molecule has 1 atom stereocenters. The number of para-hydroxylation sites is 1. The summed E-state index contributed by atoms with van der Waals surface area (Å²) in [6, 6.07) is 17.7. The van der Waals surface area contributed by atoms with E-state index in [9.17, 15) is 13.6 Å². The van der Waals surface area contributed by atoms with Gasteiger partial charge in [-0.1, -0.05) is 18.2 Å². The predicted molar refractivity (Wildman–Crippen MR) is 167 cm³/mol. The number of rotatable bonds is 9. The van der Waals surface area contributed by atoms with E-state index < -0.39 is 11.9 Å². The fourth-order valence-corrected chi connectivity index (χ4v) is 6.71. The molecule has 0 N–H and O–H groups in total. The minimum absolute atomic E-state index is 0.184. The van der Waals surface area contributed by atoms with Gasteiger partial charge in [0.05, 0.1) is 48.1 Å². The SMILES string of the molecule is CCOC(=O)c1ccc2nc(CN3CCC(c4cccc5c4O[C@@H](c4ccc(C#N)cc4F)CO5)CC3)n(CC3(CF)CC3)c2c1. The van der Waals surface area contributed by atoms with E-state index in [0.29, 0.717) is 42.3 Å². The zero-order valence-corrected chi connectivity index (χ0v) is 25.8. The first-order valence-corrected chi connectivity index (χ1v) is 16.0. The first kappa shape index (κ1) is 30.2. The Hall–Kier alpha value is -4.49. The summed E-state index contributed by atoms with van der Waals surface area (Å²) >= 11 is 0. The molecule has 2 fully saturated rings. The van der Waals surface area contributed by atoms with E-state index in [4.69, 9.17) is 24.5 Å². The van der Waals surface area contributed by atoms with Gasteiger partial charge in [0, 0.05) is 23.1 Å². The Bertz CT molecular complexity index is 1820. The molecule has 1 saturated carbocycles. The number of benzene rings is 3. The van der Waals surface area contributed by atoms with Crippen LogP contribution in [0.5, 0.6) is 11.5 Å². The van der Waals surface area contributed by atoms with Gasteiger partial charge in [-0.25, -0.2) is 14.2 Å². The van der Waals surface area contributed by atoms with Gasteiger partial charge >= 0.3 is 5.97 Å². The summed E-state index contributed by atoms with van der Waals surface area (Å²) in [4.78, 5) is 19.8. The van der Waals surface area contributed by atoms with E-state index in [1.807, 2.05) is 30.3 Å².